The van der Waals surface area contributed by atoms with E-state index in [1.807, 2.05) is 43.3 Å². The van der Waals surface area contributed by atoms with Crippen molar-refractivity contribution < 1.29 is 34.0 Å². The summed E-state index contributed by atoms with van der Waals surface area (Å²) in [5.41, 5.74) is 1.51. The van der Waals surface area contributed by atoms with Crippen molar-refractivity contribution in [3.63, 3.8) is 0 Å². The Bertz CT molecular complexity index is 1240. The number of aromatic nitrogens is 4. The van der Waals surface area contributed by atoms with Crippen LogP contribution in [0.2, 0.25) is 0 Å². The number of ether oxygens (including phenoxy) is 2. The van der Waals surface area contributed by atoms with Crippen molar-refractivity contribution in [3.05, 3.63) is 48.0 Å². The largest absolute Gasteiger partial charge is 0.387 e. The van der Waals surface area contributed by atoms with E-state index in [0.717, 1.165) is 5.56 Å². The van der Waals surface area contributed by atoms with Gasteiger partial charge in [-0.1, -0.05) is 30.3 Å². The lowest BCUT2D eigenvalue weighted by Gasteiger charge is -2.18. The van der Waals surface area contributed by atoms with Crippen molar-refractivity contribution in [2.24, 2.45) is 0 Å². The molecule has 0 saturated carbocycles. The number of nitrogens with zero attached hydrogens (tertiary/aromatic N) is 5. The van der Waals surface area contributed by atoms with Crippen molar-refractivity contribution in [3.8, 4) is 6.07 Å². The van der Waals surface area contributed by atoms with Gasteiger partial charge in [-0.2, -0.15) is 15.2 Å². The molecule has 0 radical (unpaired) electrons. The molecule has 0 amide bonds. The number of benzene rings is 1. The fourth-order valence-corrected chi connectivity index (χ4v) is 4.01. The van der Waals surface area contributed by atoms with E-state index in [1.165, 1.54) is 10.9 Å². The van der Waals surface area contributed by atoms with Crippen LogP contribution in [-0.2, 0) is 14.0 Å². The SMILES string of the molecule is C[C@H](Nc1nc(C#N)nc2c1ncn2[C@@H]1O[C@H](COCP(=O)(O)O)[C@@H](O)[C@H]1O)c1ccccc1. The highest BCUT2D eigenvalue weighted by molar-refractivity contribution is 7.51. The average Bonchev–Trinajstić information content (AvgIpc) is 3.35. The molecule has 3 heterocycles. The van der Waals surface area contributed by atoms with Gasteiger partial charge in [0.1, 0.15) is 30.7 Å². The average molecular weight is 490 g/mol. The van der Waals surface area contributed by atoms with Crippen LogP contribution >= 0.6 is 7.60 Å². The van der Waals surface area contributed by atoms with E-state index >= 15 is 0 Å². The highest BCUT2D eigenvalue weighted by Crippen LogP contribution is 2.36. The quantitative estimate of drug-likeness (QED) is 0.277. The molecule has 13 nitrogen and oxygen atoms in total. The first-order valence-electron chi connectivity index (χ1n) is 10.3. The molecule has 1 aliphatic rings. The summed E-state index contributed by atoms with van der Waals surface area (Å²) >= 11 is 0. The van der Waals surface area contributed by atoms with Crippen LogP contribution < -0.4 is 5.32 Å². The summed E-state index contributed by atoms with van der Waals surface area (Å²) in [6.45, 7) is 1.57. The minimum atomic E-state index is -4.39. The molecule has 2 aromatic heterocycles. The van der Waals surface area contributed by atoms with Gasteiger partial charge >= 0.3 is 7.60 Å². The number of aliphatic hydroxyl groups is 2. The fourth-order valence-electron chi connectivity index (χ4n) is 3.67. The number of nitrogens with one attached hydrogen (secondary N) is 1. The van der Waals surface area contributed by atoms with E-state index < -0.39 is 38.5 Å². The standard InChI is InChI=1S/C20H23N6O7P/c1-11(12-5-3-2-4-6-12)23-18-15-19(25-14(7-21)24-18)26(9-22-15)20-17(28)16(27)13(33-20)8-32-10-34(29,30)31/h2-6,9,11,13,16-17,20,27-28H,8,10H2,1H3,(H,23,24,25)(H2,29,30,31)/t11-,13+,16+,17+,20+/m0/s1. The lowest BCUT2D eigenvalue weighted by molar-refractivity contribution is -0.0612. The van der Waals surface area contributed by atoms with Gasteiger partial charge in [0.25, 0.3) is 0 Å². The van der Waals surface area contributed by atoms with E-state index in [0.29, 0.717) is 11.3 Å². The molecule has 5 atom stereocenters. The molecule has 4 rings (SSSR count). The summed E-state index contributed by atoms with van der Waals surface area (Å²) in [5.74, 6) is 0.179. The molecule has 180 valence electrons. The third-order valence-corrected chi connectivity index (χ3v) is 5.85. The fraction of sp³-hybridized carbons (Fsp3) is 0.400. The highest BCUT2D eigenvalue weighted by atomic mass is 31.2. The summed E-state index contributed by atoms with van der Waals surface area (Å²) in [4.78, 5) is 30.6. The number of aliphatic hydroxyl groups excluding tert-OH is 2. The number of rotatable bonds is 8. The van der Waals surface area contributed by atoms with Crippen LogP contribution in [0.25, 0.3) is 11.2 Å². The predicted molar refractivity (Wildman–Crippen MR) is 117 cm³/mol. The molecule has 0 unspecified atom stereocenters. The van der Waals surface area contributed by atoms with Crippen molar-refractivity contribution >= 4 is 24.6 Å². The molecule has 5 N–H and O–H groups in total. The Balaban J connectivity index is 1.61. The molecular formula is C20H23N6O7P. The second-order valence-electron chi connectivity index (χ2n) is 7.82. The molecule has 14 heteroatoms. The van der Waals surface area contributed by atoms with Crippen LogP contribution in [-0.4, -0.2) is 70.8 Å². The maximum absolute atomic E-state index is 11.0. The zero-order chi connectivity index (χ0) is 24.5. The van der Waals surface area contributed by atoms with Gasteiger partial charge < -0.3 is 34.8 Å². The second kappa shape index (κ2) is 9.73. The highest BCUT2D eigenvalue weighted by Gasteiger charge is 2.44. The molecule has 0 spiro atoms. The monoisotopic (exact) mass is 490 g/mol. The second-order valence-corrected chi connectivity index (χ2v) is 9.41. The summed E-state index contributed by atoms with van der Waals surface area (Å²) in [6, 6.07) is 11.3. The van der Waals surface area contributed by atoms with Gasteiger partial charge in [0.2, 0.25) is 5.82 Å². The molecule has 1 fully saturated rings. The van der Waals surface area contributed by atoms with Crippen LogP contribution in [0.5, 0.6) is 0 Å². The minimum absolute atomic E-state index is 0.133. The third-order valence-electron chi connectivity index (χ3n) is 5.33. The maximum atomic E-state index is 11.0. The Morgan fingerprint density at radius 1 is 1.26 bits per heavy atom. The molecule has 1 aromatic carbocycles. The van der Waals surface area contributed by atoms with Gasteiger partial charge in [0.05, 0.1) is 19.0 Å². The molecule has 0 aliphatic carbocycles. The first-order chi connectivity index (χ1) is 16.2. The Morgan fingerprint density at radius 2 is 2.00 bits per heavy atom. The van der Waals surface area contributed by atoms with Crippen LogP contribution in [0, 0.1) is 11.3 Å². The summed E-state index contributed by atoms with van der Waals surface area (Å²) in [5, 5.41) is 33.6. The Morgan fingerprint density at radius 3 is 2.68 bits per heavy atom. The van der Waals surface area contributed by atoms with Gasteiger partial charge in [0.15, 0.2) is 23.2 Å². The molecule has 34 heavy (non-hydrogen) atoms. The van der Waals surface area contributed by atoms with Gasteiger partial charge in [-0.05, 0) is 12.5 Å². The first-order valence-corrected chi connectivity index (χ1v) is 12.1. The number of hydrogen-bond acceptors (Lipinski definition) is 10. The Kier molecular flexibility index (Phi) is 6.92. The number of hydrogen-bond donors (Lipinski definition) is 5. The first kappa shape index (κ1) is 24.2. The number of fused-ring (bicyclic) bond motifs is 1. The lowest BCUT2D eigenvalue weighted by atomic mass is 10.1. The lowest BCUT2D eigenvalue weighted by Crippen LogP contribution is -2.33. The summed E-state index contributed by atoms with van der Waals surface area (Å²) in [7, 11) is -4.39. The molecule has 1 aliphatic heterocycles. The normalized spacial score (nSPS) is 23.6. The number of imidazole rings is 1. The van der Waals surface area contributed by atoms with Crippen LogP contribution in [0.15, 0.2) is 36.7 Å². The minimum Gasteiger partial charge on any atom is -0.387 e. The maximum Gasteiger partial charge on any atom is 0.350 e. The zero-order valence-electron chi connectivity index (χ0n) is 18.0. The molecule has 3 aromatic rings. The van der Waals surface area contributed by atoms with Crippen LogP contribution in [0.3, 0.4) is 0 Å². The van der Waals surface area contributed by atoms with E-state index in [-0.39, 0.29) is 24.1 Å². The van der Waals surface area contributed by atoms with Crippen molar-refractivity contribution in [1.82, 2.24) is 19.5 Å². The molecule has 1 saturated heterocycles. The number of nitriles is 1. The Hall–Kier alpha value is -2.95. The summed E-state index contributed by atoms with van der Waals surface area (Å²) in [6.07, 6.45) is -4.50. The van der Waals surface area contributed by atoms with Crippen LogP contribution in [0.1, 0.15) is 30.6 Å². The van der Waals surface area contributed by atoms with Crippen molar-refractivity contribution in [2.75, 3.05) is 18.3 Å². The van der Waals surface area contributed by atoms with Gasteiger partial charge in [-0.3, -0.25) is 9.13 Å². The number of anilines is 1. The summed E-state index contributed by atoms with van der Waals surface area (Å²) < 4.78 is 23.0. The van der Waals surface area contributed by atoms with E-state index in [2.05, 4.69) is 20.3 Å². The van der Waals surface area contributed by atoms with E-state index in [4.69, 9.17) is 19.3 Å². The molecule has 0 bridgehead atoms. The zero-order valence-corrected chi connectivity index (χ0v) is 18.9. The Labute approximate surface area is 193 Å². The van der Waals surface area contributed by atoms with Gasteiger partial charge in [0, 0.05) is 0 Å². The third kappa shape index (κ3) is 5.08. The van der Waals surface area contributed by atoms with Gasteiger partial charge in [-0.15, -0.1) is 0 Å². The smallest absolute Gasteiger partial charge is 0.350 e. The van der Waals surface area contributed by atoms with Crippen LogP contribution in [0.4, 0.5) is 5.82 Å². The van der Waals surface area contributed by atoms with Crippen molar-refractivity contribution in [2.45, 2.75) is 37.5 Å². The topological polar surface area (TPSA) is 196 Å². The van der Waals surface area contributed by atoms with Crippen molar-refractivity contribution in [1.29, 1.82) is 5.26 Å². The predicted octanol–water partition coefficient (Wildman–Crippen LogP) is 0.642. The van der Waals surface area contributed by atoms with Gasteiger partial charge in [-0.25, -0.2) is 4.98 Å². The van der Waals surface area contributed by atoms with E-state index in [1.54, 1.807) is 0 Å². The molecular weight excluding hydrogens is 467 g/mol. The van der Waals surface area contributed by atoms with E-state index in [9.17, 15) is 20.0 Å².